The van der Waals surface area contributed by atoms with E-state index in [0.717, 1.165) is 22.7 Å². The molecule has 0 fully saturated rings. The molecule has 2 aromatic heterocycles. The summed E-state index contributed by atoms with van der Waals surface area (Å²) in [4.78, 5) is 2.39. The van der Waals surface area contributed by atoms with Gasteiger partial charge in [0.15, 0.2) is 0 Å². The largest absolute Gasteiger partial charge is 0.310 e. The molecule has 0 aliphatic rings. The molecule has 10 rings (SSSR count). The van der Waals surface area contributed by atoms with E-state index in [-0.39, 0.29) is 0 Å². The summed E-state index contributed by atoms with van der Waals surface area (Å²) in [6, 6.07) is 70.4. The van der Waals surface area contributed by atoms with E-state index in [0.29, 0.717) is 0 Å². The van der Waals surface area contributed by atoms with Gasteiger partial charge in [-0.05, 0) is 89.0 Å². The molecule has 2 nitrogen and oxygen atoms in total. The molecule has 0 spiro atoms. The van der Waals surface area contributed by atoms with Gasteiger partial charge in [-0.15, -0.1) is 11.3 Å². The van der Waals surface area contributed by atoms with Crippen molar-refractivity contribution < 1.29 is 0 Å². The molecule has 0 bridgehead atoms. The van der Waals surface area contributed by atoms with Crippen LogP contribution >= 0.6 is 11.3 Å². The van der Waals surface area contributed by atoms with Crippen LogP contribution in [0.3, 0.4) is 0 Å². The summed E-state index contributed by atoms with van der Waals surface area (Å²) >= 11 is 1.86. The number of nitrogens with zero attached hydrogens (tertiary/aromatic N) is 2. The molecule has 0 radical (unpaired) electrons. The van der Waals surface area contributed by atoms with Crippen molar-refractivity contribution in [1.82, 2.24) is 4.57 Å². The Morgan fingerprint density at radius 2 is 1.00 bits per heavy atom. The van der Waals surface area contributed by atoms with Gasteiger partial charge in [0.1, 0.15) is 0 Å². The molecule has 0 saturated carbocycles. The number of hydrogen-bond acceptors (Lipinski definition) is 2. The van der Waals surface area contributed by atoms with E-state index in [1.807, 2.05) is 11.3 Å². The minimum absolute atomic E-state index is 1.11. The van der Waals surface area contributed by atoms with Gasteiger partial charge in [0.2, 0.25) is 0 Å². The molecule has 3 heteroatoms. The van der Waals surface area contributed by atoms with E-state index in [1.54, 1.807) is 0 Å². The van der Waals surface area contributed by atoms with Crippen molar-refractivity contribution in [2.45, 2.75) is 0 Å². The van der Waals surface area contributed by atoms with E-state index in [1.165, 1.54) is 64.2 Å². The van der Waals surface area contributed by atoms with E-state index >= 15 is 0 Å². The summed E-state index contributed by atoms with van der Waals surface area (Å²) in [5, 5.41) is 5.10. The molecule has 2 heterocycles. The third-order valence-electron chi connectivity index (χ3n) is 9.96. The SMILES string of the molecule is c1ccc(-c2cccc(-c3cccc4c3c3ccc(N(c5ccccc5)c5ccc6c(c5)sc5ccccc56)cc3n4-c3ccccc3)c2)cc1. The molecule has 0 aliphatic carbocycles. The quantitative estimate of drug-likeness (QED) is 0.171. The fraction of sp³-hybridized carbons (Fsp3) is 0. The first-order valence-electron chi connectivity index (χ1n) is 17.4. The number of para-hydroxylation sites is 2. The van der Waals surface area contributed by atoms with Gasteiger partial charge >= 0.3 is 0 Å². The molecule has 0 unspecified atom stereocenters. The summed E-state index contributed by atoms with van der Waals surface area (Å²) in [6.07, 6.45) is 0. The van der Waals surface area contributed by atoms with Gasteiger partial charge in [-0.3, -0.25) is 0 Å². The molecule has 8 aromatic carbocycles. The molecule has 10 aromatic rings. The lowest BCUT2D eigenvalue weighted by Crippen LogP contribution is -2.09. The number of hydrogen-bond donors (Lipinski definition) is 0. The van der Waals surface area contributed by atoms with Gasteiger partial charge in [-0.25, -0.2) is 0 Å². The highest BCUT2D eigenvalue weighted by Gasteiger charge is 2.20. The van der Waals surface area contributed by atoms with Crippen LogP contribution in [0.4, 0.5) is 17.1 Å². The van der Waals surface area contributed by atoms with Gasteiger partial charge in [0, 0.05) is 53.7 Å². The highest BCUT2D eigenvalue weighted by molar-refractivity contribution is 7.25. The van der Waals surface area contributed by atoms with Crippen molar-refractivity contribution in [2.24, 2.45) is 0 Å². The fourth-order valence-electron chi connectivity index (χ4n) is 7.67. The van der Waals surface area contributed by atoms with Crippen LogP contribution in [0.5, 0.6) is 0 Å². The number of rotatable bonds is 6. The Hall–Kier alpha value is -6.42. The summed E-state index contributed by atoms with van der Waals surface area (Å²) in [5.74, 6) is 0. The van der Waals surface area contributed by atoms with E-state index in [4.69, 9.17) is 0 Å². The van der Waals surface area contributed by atoms with E-state index in [2.05, 4.69) is 204 Å². The Kier molecular flexibility index (Phi) is 7.04. The first-order valence-corrected chi connectivity index (χ1v) is 18.2. The predicted molar refractivity (Wildman–Crippen MR) is 219 cm³/mol. The average Bonchev–Trinajstić information content (AvgIpc) is 3.74. The number of thiophene rings is 1. The molecule has 240 valence electrons. The van der Waals surface area contributed by atoms with Crippen LogP contribution in [0.15, 0.2) is 194 Å². The molecule has 0 N–H and O–H groups in total. The molecular weight excluding hydrogens is 637 g/mol. The number of aromatic nitrogens is 1. The first-order chi connectivity index (χ1) is 25.3. The lowest BCUT2D eigenvalue weighted by Gasteiger charge is -2.26. The zero-order valence-corrected chi connectivity index (χ0v) is 28.6. The number of benzene rings is 8. The second-order valence-corrected chi connectivity index (χ2v) is 14.1. The Balaban J connectivity index is 1.21. The number of fused-ring (bicyclic) bond motifs is 6. The van der Waals surface area contributed by atoms with Crippen molar-refractivity contribution in [3.63, 3.8) is 0 Å². The summed E-state index contributed by atoms with van der Waals surface area (Å²) in [5.41, 5.74) is 11.8. The molecular formula is C48H32N2S. The van der Waals surface area contributed by atoms with Crippen LogP contribution in [0.1, 0.15) is 0 Å². The van der Waals surface area contributed by atoms with Gasteiger partial charge in [0.25, 0.3) is 0 Å². The zero-order chi connectivity index (χ0) is 33.7. The fourth-order valence-corrected chi connectivity index (χ4v) is 8.80. The lowest BCUT2D eigenvalue weighted by molar-refractivity contribution is 1.18. The van der Waals surface area contributed by atoms with Gasteiger partial charge < -0.3 is 9.47 Å². The molecule has 0 atom stereocenters. The third-order valence-corrected chi connectivity index (χ3v) is 11.1. The standard InChI is InChI=1S/C48H32N2S/c1-4-14-33(15-5-1)34-16-12-17-35(30-34)40-23-13-24-44-48(40)43-29-27-38(31-45(43)50(44)37-20-8-3-9-21-37)49(36-18-6-2-7-19-36)39-26-28-42-41-22-10-11-25-46(41)51-47(42)32-39/h1-32H. The summed E-state index contributed by atoms with van der Waals surface area (Å²) < 4.78 is 5.03. The normalized spacial score (nSPS) is 11.5. The van der Waals surface area contributed by atoms with Crippen molar-refractivity contribution in [2.75, 3.05) is 4.90 Å². The Morgan fingerprint density at radius 1 is 0.373 bits per heavy atom. The summed E-state index contributed by atoms with van der Waals surface area (Å²) in [7, 11) is 0. The second kappa shape index (κ2) is 12.2. The monoisotopic (exact) mass is 668 g/mol. The van der Waals surface area contributed by atoms with Gasteiger partial charge in [-0.2, -0.15) is 0 Å². The summed E-state index contributed by atoms with van der Waals surface area (Å²) in [6.45, 7) is 0. The topological polar surface area (TPSA) is 8.17 Å². The smallest absolute Gasteiger partial charge is 0.0562 e. The maximum atomic E-state index is 2.43. The van der Waals surface area contributed by atoms with E-state index in [9.17, 15) is 0 Å². The van der Waals surface area contributed by atoms with Crippen LogP contribution in [-0.2, 0) is 0 Å². The Labute approximate surface area is 300 Å². The maximum Gasteiger partial charge on any atom is 0.0562 e. The van der Waals surface area contributed by atoms with Crippen LogP contribution in [-0.4, -0.2) is 4.57 Å². The maximum absolute atomic E-state index is 2.43. The highest BCUT2D eigenvalue weighted by atomic mass is 32.1. The van der Waals surface area contributed by atoms with Gasteiger partial charge in [0.05, 0.1) is 11.0 Å². The van der Waals surface area contributed by atoms with Crippen LogP contribution < -0.4 is 4.90 Å². The molecule has 0 aliphatic heterocycles. The number of anilines is 3. The van der Waals surface area contributed by atoms with Crippen LogP contribution in [0.25, 0.3) is 69.9 Å². The van der Waals surface area contributed by atoms with Crippen LogP contribution in [0.2, 0.25) is 0 Å². The van der Waals surface area contributed by atoms with E-state index < -0.39 is 0 Å². The first kappa shape index (κ1) is 29.5. The van der Waals surface area contributed by atoms with Gasteiger partial charge in [-0.1, -0.05) is 127 Å². The van der Waals surface area contributed by atoms with Crippen molar-refractivity contribution >= 4 is 70.4 Å². The highest BCUT2D eigenvalue weighted by Crippen LogP contribution is 2.44. The Morgan fingerprint density at radius 3 is 1.82 bits per heavy atom. The van der Waals surface area contributed by atoms with Crippen molar-refractivity contribution in [1.29, 1.82) is 0 Å². The molecule has 0 amide bonds. The minimum Gasteiger partial charge on any atom is -0.310 e. The molecule has 0 saturated heterocycles. The molecule has 51 heavy (non-hydrogen) atoms. The second-order valence-electron chi connectivity index (χ2n) is 13.0. The van der Waals surface area contributed by atoms with Crippen molar-refractivity contribution in [3.05, 3.63) is 194 Å². The minimum atomic E-state index is 1.11. The zero-order valence-electron chi connectivity index (χ0n) is 27.8. The van der Waals surface area contributed by atoms with Crippen molar-refractivity contribution in [3.8, 4) is 27.9 Å². The average molecular weight is 669 g/mol. The third kappa shape index (κ3) is 5.01. The Bertz CT molecular complexity index is 2850. The lowest BCUT2D eigenvalue weighted by atomic mass is 9.96. The predicted octanol–water partition coefficient (Wildman–Crippen LogP) is 14.0. The van der Waals surface area contributed by atoms with Crippen LogP contribution in [0, 0.1) is 0 Å².